The zero-order valence-corrected chi connectivity index (χ0v) is 17.0. The Balaban J connectivity index is 1.98. The summed E-state index contributed by atoms with van der Waals surface area (Å²) >= 11 is 0. The van der Waals surface area contributed by atoms with Crippen molar-refractivity contribution in [2.75, 3.05) is 12.4 Å². The molecule has 1 aromatic heterocycles. The lowest BCUT2D eigenvalue weighted by molar-refractivity contribution is -0.131. The first kappa shape index (κ1) is 21.6. The van der Waals surface area contributed by atoms with E-state index in [2.05, 4.69) is 10.3 Å². The summed E-state index contributed by atoms with van der Waals surface area (Å²) < 4.78 is 39.2. The van der Waals surface area contributed by atoms with Crippen LogP contribution in [0.15, 0.2) is 30.5 Å². The smallest absolute Gasteiger partial charge is 0.267 e. The molecule has 1 saturated heterocycles. The Labute approximate surface area is 172 Å². The first-order valence-corrected chi connectivity index (χ1v) is 9.33. The molecule has 3 N–H and O–H groups in total. The van der Waals surface area contributed by atoms with Crippen LogP contribution in [0.2, 0.25) is 0 Å². The lowest BCUT2D eigenvalue weighted by Crippen LogP contribution is -2.33. The topological polar surface area (TPSA) is 104 Å². The van der Waals surface area contributed by atoms with E-state index < -0.39 is 41.1 Å². The zero-order valence-electron chi connectivity index (χ0n) is 17.0. The number of nitrogens with zero attached hydrogens (tertiary/aromatic N) is 1. The van der Waals surface area contributed by atoms with Crippen molar-refractivity contribution in [3.05, 3.63) is 53.4 Å². The van der Waals surface area contributed by atoms with Gasteiger partial charge in [0.1, 0.15) is 11.8 Å². The molecule has 1 aliphatic heterocycles. The van der Waals surface area contributed by atoms with E-state index in [9.17, 15) is 18.4 Å². The highest BCUT2D eigenvalue weighted by molar-refractivity contribution is 5.97. The number of carbonyl (C=O) groups excluding carboxylic acids is 2. The van der Waals surface area contributed by atoms with Crippen molar-refractivity contribution in [3.63, 3.8) is 0 Å². The second-order valence-electron chi connectivity index (χ2n) is 7.72. The minimum Gasteiger partial charge on any atom is -0.493 e. The maximum Gasteiger partial charge on any atom is 0.267 e. The molecule has 0 radical (unpaired) electrons. The predicted molar refractivity (Wildman–Crippen MR) is 105 cm³/mol. The third kappa shape index (κ3) is 3.85. The summed E-state index contributed by atoms with van der Waals surface area (Å²) in [5.41, 5.74) is 5.14. The Bertz CT molecular complexity index is 996. The van der Waals surface area contributed by atoms with Crippen LogP contribution < -0.4 is 15.8 Å². The van der Waals surface area contributed by atoms with Crippen LogP contribution in [0.4, 0.5) is 14.5 Å². The minimum atomic E-state index is -1.12. The molecule has 0 aliphatic carbocycles. The first-order valence-electron chi connectivity index (χ1n) is 9.33. The second-order valence-corrected chi connectivity index (χ2v) is 7.72. The Morgan fingerprint density at radius 1 is 1.27 bits per heavy atom. The summed E-state index contributed by atoms with van der Waals surface area (Å²) in [5, 5.41) is 2.68. The van der Waals surface area contributed by atoms with E-state index in [1.165, 1.54) is 31.5 Å². The lowest BCUT2D eigenvalue weighted by Gasteiger charge is -2.25. The quantitative estimate of drug-likeness (QED) is 0.776. The average molecular weight is 419 g/mol. The summed E-state index contributed by atoms with van der Waals surface area (Å²) in [5.74, 6) is -4.50. The van der Waals surface area contributed by atoms with Gasteiger partial charge in [0, 0.05) is 23.4 Å². The summed E-state index contributed by atoms with van der Waals surface area (Å²) in [6.45, 7) is 5.51. The number of benzene rings is 1. The average Bonchev–Trinajstić information content (AvgIpc) is 2.93. The Morgan fingerprint density at radius 2 is 1.97 bits per heavy atom. The number of halogens is 2. The summed E-state index contributed by atoms with van der Waals surface area (Å²) in [7, 11) is 1.24. The third-order valence-electron chi connectivity index (χ3n) is 5.57. The molecular formula is C21H23F2N3O4. The predicted octanol–water partition coefficient (Wildman–Crippen LogP) is 3.00. The molecule has 0 saturated carbocycles. The summed E-state index contributed by atoms with van der Waals surface area (Å²) in [6, 6.07) is 5.25. The number of amides is 2. The summed E-state index contributed by atoms with van der Waals surface area (Å²) in [4.78, 5) is 28.2. The van der Waals surface area contributed by atoms with Gasteiger partial charge in [-0.1, -0.05) is 13.0 Å². The van der Waals surface area contributed by atoms with Gasteiger partial charge in [0.15, 0.2) is 11.6 Å². The number of anilines is 1. The fourth-order valence-corrected chi connectivity index (χ4v) is 3.72. The molecule has 2 heterocycles. The number of rotatable bonds is 5. The van der Waals surface area contributed by atoms with Crippen LogP contribution in [0, 0.1) is 17.6 Å². The number of methoxy groups -OCH3 is 1. The molecule has 7 nitrogen and oxygen atoms in total. The van der Waals surface area contributed by atoms with Crippen molar-refractivity contribution in [3.8, 4) is 5.75 Å². The van der Waals surface area contributed by atoms with Crippen LogP contribution in [0.5, 0.6) is 5.75 Å². The third-order valence-corrected chi connectivity index (χ3v) is 5.57. The molecule has 1 unspecified atom stereocenters. The number of primary amides is 1. The highest BCUT2D eigenvalue weighted by Gasteiger charge is 2.51. The maximum atomic E-state index is 14.3. The van der Waals surface area contributed by atoms with E-state index in [1.54, 1.807) is 0 Å². The monoisotopic (exact) mass is 419 g/mol. The van der Waals surface area contributed by atoms with E-state index in [4.69, 9.17) is 15.2 Å². The number of aromatic nitrogens is 1. The van der Waals surface area contributed by atoms with Crippen molar-refractivity contribution in [1.29, 1.82) is 0 Å². The van der Waals surface area contributed by atoms with Crippen molar-refractivity contribution < 1.29 is 27.8 Å². The maximum absolute atomic E-state index is 14.3. The molecule has 3 atom stereocenters. The molecule has 1 aliphatic rings. The van der Waals surface area contributed by atoms with E-state index in [0.29, 0.717) is 11.3 Å². The normalized spacial score (nSPS) is 22.5. The van der Waals surface area contributed by atoms with E-state index in [0.717, 1.165) is 6.07 Å². The fourth-order valence-electron chi connectivity index (χ4n) is 3.72. The standard InChI is InChI=1S/C21H23F2N3O4/c1-10-15(12-5-6-13(22)16(23)17(12)29-4)18(30-21(10,2)3)20(28)26-11-7-8-25-14(9-11)19(24)27/h5-10,15,18H,1-4H3,(H2,24,27)(H,25,26,28)/t10-,15+,18?/m0/s1. The summed E-state index contributed by atoms with van der Waals surface area (Å²) in [6.07, 6.45) is 0.326. The molecule has 2 aromatic rings. The molecule has 2 amide bonds. The SMILES string of the molecule is COc1c([C@@H]2C(C(=O)Nc3ccnc(C(N)=O)c3)OC(C)(C)[C@H]2C)ccc(F)c1F. The van der Waals surface area contributed by atoms with Crippen LogP contribution in [0.25, 0.3) is 0 Å². The molecule has 0 bridgehead atoms. The number of carbonyl (C=O) groups is 2. The van der Waals surface area contributed by atoms with Gasteiger partial charge >= 0.3 is 0 Å². The molecule has 0 spiro atoms. The van der Waals surface area contributed by atoms with Gasteiger partial charge in [0.25, 0.3) is 11.8 Å². The van der Waals surface area contributed by atoms with Crippen molar-refractivity contribution in [1.82, 2.24) is 4.98 Å². The van der Waals surface area contributed by atoms with Gasteiger partial charge in [-0.15, -0.1) is 0 Å². The number of pyridine rings is 1. The number of hydrogen-bond acceptors (Lipinski definition) is 5. The van der Waals surface area contributed by atoms with Gasteiger partial charge in [0.2, 0.25) is 5.82 Å². The van der Waals surface area contributed by atoms with Crippen LogP contribution in [0.1, 0.15) is 42.7 Å². The molecule has 3 rings (SSSR count). The number of hydrogen-bond donors (Lipinski definition) is 2. The Morgan fingerprint density at radius 3 is 2.60 bits per heavy atom. The second kappa shape index (κ2) is 7.98. The highest BCUT2D eigenvalue weighted by atomic mass is 19.2. The number of ether oxygens (including phenoxy) is 2. The first-order chi connectivity index (χ1) is 14.1. The van der Waals surface area contributed by atoms with Crippen LogP contribution in [-0.4, -0.2) is 35.6 Å². The highest BCUT2D eigenvalue weighted by Crippen LogP contribution is 2.49. The van der Waals surface area contributed by atoms with Gasteiger partial charge in [-0.05, 0) is 38.0 Å². The largest absolute Gasteiger partial charge is 0.493 e. The minimum absolute atomic E-state index is 0.00679. The Kier molecular flexibility index (Phi) is 5.76. The molecule has 9 heteroatoms. The van der Waals surface area contributed by atoms with Gasteiger partial charge in [0.05, 0.1) is 12.7 Å². The van der Waals surface area contributed by atoms with Crippen molar-refractivity contribution in [2.24, 2.45) is 11.7 Å². The molecule has 160 valence electrons. The zero-order chi connectivity index (χ0) is 22.2. The van der Waals surface area contributed by atoms with Crippen LogP contribution in [0.3, 0.4) is 0 Å². The van der Waals surface area contributed by atoms with Gasteiger partial charge in [-0.2, -0.15) is 4.39 Å². The van der Waals surface area contributed by atoms with E-state index in [1.807, 2.05) is 20.8 Å². The van der Waals surface area contributed by atoms with Crippen molar-refractivity contribution in [2.45, 2.75) is 38.4 Å². The fraction of sp³-hybridized carbons (Fsp3) is 0.381. The molecule has 30 heavy (non-hydrogen) atoms. The van der Waals surface area contributed by atoms with Crippen molar-refractivity contribution >= 4 is 17.5 Å². The van der Waals surface area contributed by atoms with E-state index >= 15 is 0 Å². The number of nitrogens with two attached hydrogens (primary N) is 1. The number of nitrogens with one attached hydrogen (secondary N) is 1. The molecule has 1 aromatic carbocycles. The van der Waals surface area contributed by atoms with Gasteiger partial charge in [-0.3, -0.25) is 14.6 Å². The Hall–Kier alpha value is -3.07. The molecular weight excluding hydrogens is 396 g/mol. The van der Waals surface area contributed by atoms with Gasteiger partial charge in [-0.25, -0.2) is 4.39 Å². The van der Waals surface area contributed by atoms with E-state index in [-0.39, 0.29) is 17.4 Å². The van der Waals surface area contributed by atoms with Gasteiger partial charge < -0.3 is 20.5 Å². The molecule has 1 fully saturated rings. The lowest BCUT2D eigenvalue weighted by atomic mass is 9.78. The van der Waals surface area contributed by atoms with Crippen LogP contribution >= 0.6 is 0 Å². The van der Waals surface area contributed by atoms with Crippen LogP contribution in [-0.2, 0) is 9.53 Å².